The summed E-state index contributed by atoms with van der Waals surface area (Å²) in [6.07, 6.45) is 93.6. The number of allylic oxidation sites excluding steroid dienone is 24. The van der Waals surface area contributed by atoms with Gasteiger partial charge in [0.05, 0.1) is 13.2 Å². The van der Waals surface area contributed by atoms with E-state index in [1.165, 1.54) is 116 Å². The van der Waals surface area contributed by atoms with Gasteiger partial charge in [0.25, 0.3) is 0 Å². The van der Waals surface area contributed by atoms with Gasteiger partial charge in [0.15, 0.2) is 6.10 Å². The largest absolute Gasteiger partial charge is 0.472 e. The highest BCUT2D eigenvalue weighted by molar-refractivity contribution is 7.47. The predicted molar refractivity (Wildman–Crippen MR) is 348 cm³/mol. The van der Waals surface area contributed by atoms with E-state index in [2.05, 4.69) is 160 Å². The SMILES string of the molecule is CC/C=C\C/C=C\C/C=C\C/C=C\C/C=C\C/C=C\C/C=C\C/C=C\CCCCC(=O)OC(COC(=O)CCCCCCCCCCCCCCCCCCCCCC/C=C\C/C=C\C/C=C\C/C=C\CC)COP(=O)(O)OCCN. The molecular formula is C71H118NO8P. The number of hydrogen-bond donors (Lipinski definition) is 2. The Labute approximate surface area is 496 Å². The molecule has 0 aliphatic heterocycles. The van der Waals surface area contributed by atoms with Gasteiger partial charge in [-0.15, -0.1) is 0 Å². The normalized spacial score (nSPS) is 14.0. The summed E-state index contributed by atoms with van der Waals surface area (Å²) in [7, 11) is -4.41. The number of phosphoric acid groups is 1. The Morgan fingerprint density at radius 2 is 0.642 bits per heavy atom. The van der Waals surface area contributed by atoms with E-state index in [0.29, 0.717) is 6.42 Å². The fraction of sp³-hybridized carbons (Fsp3) is 0.634. The maximum absolute atomic E-state index is 12.7. The third kappa shape index (κ3) is 64.9. The van der Waals surface area contributed by atoms with E-state index in [1.807, 2.05) is 0 Å². The van der Waals surface area contributed by atoms with Crippen LogP contribution in [-0.2, 0) is 32.7 Å². The summed E-state index contributed by atoms with van der Waals surface area (Å²) in [6.45, 7) is 3.47. The van der Waals surface area contributed by atoms with E-state index in [0.717, 1.165) is 109 Å². The lowest BCUT2D eigenvalue weighted by molar-refractivity contribution is -0.161. The zero-order valence-corrected chi connectivity index (χ0v) is 52.4. The van der Waals surface area contributed by atoms with E-state index in [4.69, 9.17) is 24.3 Å². The van der Waals surface area contributed by atoms with Gasteiger partial charge in [0, 0.05) is 19.4 Å². The van der Waals surface area contributed by atoms with Crippen molar-refractivity contribution >= 4 is 19.8 Å². The first-order chi connectivity index (χ1) is 39.8. The van der Waals surface area contributed by atoms with Crippen LogP contribution < -0.4 is 5.73 Å². The summed E-state index contributed by atoms with van der Waals surface area (Å²) in [5, 5.41) is 0. The number of ether oxygens (including phenoxy) is 2. The Kier molecular flexibility index (Phi) is 61.7. The van der Waals surface area contributed by atoms with E-state index in [1.54, 1.807) is 0 Å². The van der Waals surface area contributed by atoms with Crippen molar-refractivity contribution in [3.8, 4) is 0 Å². The fourth-order valence-corrected chi connectivity index (χ4v) is 9.29. The highest BCUT2D eigenvalue weighted by Gasteiger charge is 2.26. The van der Waals surface area contributed by atoms with Gasteiger partial charge in [-0.3, -0.25) is 18.6 Å². The minimum Gasteiger partial charge on any atom is -0.462 e. The monoisotopic (exact) mass is 1140 g/mol. The second-order valence-electron chi connectivity index (χ2n) is 20.9. The summed E-state index contributed by atoms with van der Waals surface area (Å²) in [5.74, 6) is -0.882. The molecule has 0 radical (unpaired) electrons. The average Bonchev–Trinajstić information content (AvgIpc) is 3.46. The molecule has 0 spiro atoms. The molecule has 0 amide bonds. The van der Waals surface area contributed by atoms with Gasteiger partial charge in [-0.2, -0.15) is 0 Å². The quantitative estimate of drug-likeness (QED) is 0.0264. The first-order valence-electron chi connectivity index (χ1n) is 32.3. The van der Waals surface area contributed by atoms with Crippen LogP contribution in [0.4, 0.5) is 0 Å². The second-order valence-corrected chi connectivity index (χ2v) is 22.3. The Hall–Kier alpha value is -4.11. The van der Waals surface area contributed by atoms with Crippen LogP contribution in [0.5, 0.6) is 0 Å². The lowest BCUT2D eigenvalue weighted by atomic mass is 10.0. The Morgan fingerprint density at radius 3 is 0.975 bits per heavy atom. The van der Waals surface area contributed by atoms with Crippen LogP contribution in [0.2, 0.25) is 0 Å². The van der Waals surface area contributed by atoms with Crippen LogP contribution in [0.3, 0.4) is 0 Å². The Morgan fingerprint density at radius 1 is 0.370 bits per heavy atom. The van der Waals surface area contributed by atoms with Crippen molar-refractivity contribution in [2.75, 3.05) is 26.4 Å². The molecule has 0 saturated heterocycles. The minimum atomic E-state index is -4.41. The molecule has 10 heteroatoms. The number of hydrogen-bond acceptors (Lipinski definition) is 8. The summed E-state index contributed by atoms with van der Waals surface area (Å²) < 4.78 is 33.1. The maximum atomic E-state index is 12.7. The molecule has 0 bridgehead atoms. The van der Waals surface area contributed by atoms with E-state index in [-0.39, 0.29) is 32.6 Å². The molecule has 0 fully saturated rings. The van der Waals surface area contributed by atoms with Crippen molar-refractivity contribution in [2.45, 2.75) is 264 Å². The fourth-order valence-electron chi connectivity index (χ4n) is 8.53. The predicted octanol–water partition coefficient (Wildman–Crippen LogP) is 21.1. The van der Waals surface area contributed by atoms with E-state index < -0.39 is 32.5 Å². The topological polar surface area (TPSA) is 134 Å². The van der Waals surface area contributed by atoms with Crippen LogP contribution in [0.15, 0.2) is 146 Å². The first kappa shape index (κ1) is 76.9. The molecule has 0 rings (SSSR count). The van der Waals surface area contributed by atoms with Crippen LogP contribution >= 0.6 is 7.82 Å². The zero-order chi connectivity index (χ0) is 58.7. The van der Waals surface area contributed by atoms with E-state index >= 15 is 0 Å². The number of unbranched alkanes of at least 4 members (excludes halogenated alkanes) is 22. The van der Waals surface area contributed by atoms with Crippen molar-refractivity contribution in [1.29, 1.82) is 0 Å². The third-order valence-corrected chi connectivity index (χ3v) is 14.2. The zero-order valence-electron chi connectivity index (χ0n) is 51.5. The second kappa shape index (κ2) is 65.0. The number of phosphoric ester groups is 1. The van der Waals surface area contributed by atoms with Crippen LogP contribution in [-0.4, -0.2) is 49.3 Å². The standard InChI is InChI=1S/C71H118NO8P/c1-3-5-7-9-11-13-15-17-19-21-23-25-27-29-31-32-33-34-35-36-38-39-41-43-45-47-49-51-53-55-57-59-61-63-70(73)77-67-69(68-79-81(75,76)78-66-65-72)80-71(74)64-62-60-58-56-54-52-50-48-46-44-42-40-37-30-28-26-24-22-20-18-16-14-12-10-8-6-4-2/h5-8,11-14,17-20,23-26,30,37,42,44,48,50,54,56,69H,3-4,9-10,15-16,21-22,27-29,31-36,38-41,43,45-47,49,51-53,55,57-68,72H2,1-2H3,(H,75,76)/b7-5-,8-6-,13-11-,14-12-,19-17-,20-18-,25-23-,26-24-,37-30-,44-42-,50-48-,56-54-. The highest BCUT2D eigenvalue weighted by atomic mass is 31.2. The summed E-state index contributed by atoms with van der Waals surface area (Å²) in [6, 6.07) is 0. The number of esters is 2. The van der Waals surface area contributed by atoms with Crippen molar-refractivity contribution in [1.82, 2.24) is 0 Å². The lowest BCUT2D eigenvalue weighted by Gasteiger charge is -2.19. The molecule has 0 saturated carbocycles. The number of nitrogens with two attached hydrogens (primary N) is 1. The van der Waals surface area contributed by atoms with Gasteiger partial charge in [0.1, 0.15) is 6.61 Å². The smallest absolute Gasteiger partial charge is 0.462 e. The summed E-state index contributed by atoms with van der Waals surface area (Å²) in [5.41, 5.74) is 5.39. The highest BCUT2D eigenvalue weighted by Crippen LogP contribution is 2.43. The van der Waals surface area contributed by atoms with Gasteiger partial charge < -0.3 is 20.1 Å². The van der Waals surface area contributed by atoms with Gasteiger partial charge in [-0.25, -0.2) is 4.57 Å². The minimum absolute atomic E-state index is 0.0395. The molecule has 0 aliphatic carbocycles. The van der Waals surface area contributed by atoms with Gasteiger partial charge in [-0.1, -0.05) is 275 Å². The van der Waals surface area contributed by atoms with Crippen LogP contribution in [0.25, 0.3) is 0 Å². The molecule has 0 aromatic carbocycles. The first-order valence-corrected chi connectivity index (χ1v) is 33.8. The number of carbonyl (C=O) groups excluding carboxylic acids is 2. The van der Waals surface area contributed by atoms with Gasteiger partial charge >= 0.3 is 19.8 Å². The molecule has 0 aromatic rings. The molecule has 0 heterocycles. The summed E-state index contributed by atoms with van der Waals surface area (Å²) in [4.78, 5) is 35.3. The molecule has 2 atom stereocenters. The van der Waals surface area contributed by atoms with Gasteiger partial charge in [-0.05, 0) is 116 Å². The van der Waals surface area contributed by atoms with Crippen molar-refractivity contribution in [2.24, 2.45) is 5.73 Å². The lowest BCUT2D eigenvalue weighted by Crippen LogP contribution is -2.29. The summed E-state index contributed by atoms with van der Waals surface area (Å²) >= 11 is 0. The molecule has 3 N–H and O–H groups in total. The van der Waals surface area contributed by atoms with Gasteiger partial charge in [0.2, 0.25) is 0 Å². The maximum Gasteiger partial charge on any atom is 0.472 e. The Bertz CT molecular complexity index is 1830. The van der Waals surface area contributed by atoms with Crippen LogP contribution in [0, 0.1) is 0 Å². The van der Waals surface area contributed by atoms with Crippen LogP contribution in [0.1, 0.15) is 258 Å². The third-order valence-electron chi connectivity index (χ3n) is 13.2. The van der Waals surface area contributed by atoms with Crippen molar-refractivity contribution in [3.05, 3.63) is 146 Å². The average molecular weight is 1140 g/mol. The molecule has 9 nitrogen and oxygen atoms in total. The molecule has 2 unspecified atom stereocenters. The number of carbonyl (C=O) groups is 2. The molecule has 460 valence electrons. The van der Waals surface area contributed by atoms with Crippen molar-refractivity contribution in [3.63, 3.8) is 0 Å². The Balaban J connectivity index is 3.99. The molecule has 81 heavy (non-hydrogen) atoms. The molecule has 0 aromatic heterocycles. The van der Waals surface area contributed by atoms with Crippen molar-refractivity contribution < 1.29 is 37.6 Å². The number of rotatable bonds is 59. The molecule has 0 aliphatic rings. The molecular weight excluding hydrogens is 1030 g/mol. The van der Waals surface area contributed by atoms with E-state index in [9.17, 15) is 19.0 Å².